The molecule has 8 rings (SSSR count). The number of aryl methyl sites for hydroxylation is 1. The predicted molar refractivity (Wildman–Crippen MR) is 260 cm³/mol. The van der Waals surface area contributed by atoms with Crippen LogP contribution >= 0.6 is 34.8 Å². The topological polar surface area (TPSA) is 212 Å². The lowest BCUT2D eigenvalue weighted by Gasteiger charge is -2.27. The van der Waals surface area contributed by atoms with Crippen molar-refractivity contribution in [3.05, 3.63) is 57.4 Å². The highest BCUT2D eigenvalue weighted by atomic mass is 35.5. The molecule has 4 fully saturated rings. The van der Waals surface area contributed by atoms with Gasteiger partial charge in [0, 0.05) is 93.9 Å². The third-order valence-corrected chi connectivity index (χ3v) is 11.8. The molecule has 3 atom stereocenters. The molecule has 4 saturated heterocycles. The fourth-order valence-electron chi connectivity index (χ4n) is 7.34. The van der Waals surface area contributed by atoms with E-state index in [0.717, 1.165) is 87.7 Å². The van der Waals surface area contributed by atoms with Crippen LogP contribution in [-0.2, 0) is 14.2 Å². The molecule has 19 nitrogen and oxygen atoms in total. The first-order valence-corrected chi connectivity index (χ1v) is 23.6. The number of aliphatic hydroxyl groups excluding tert-OH is 2. The van der Waals surface area contributed by atoms with Crippen LogP contribution in [0.2, 0.25) is 15.5 Å². The monoisotopic (exact) mass is 973 g/mol. The van der Waals surface area contributed by atoms with Gasteiger partial charge in [0.1, 0.15) is 27.1 Å². The molecule has 4 aliphatic heterocycles. The second-order valence-electron chi connectivity index (χ2n) is 16.4. The molecule has 4 aromatic rings. The van der Waals surface area contributed by atoms with Gasteiger partial charge in [-0.1, -0.05) is 54.2 Å². The summed E-state index contributed by atoms with van der Waals surface area (Å²) in [5, 5.41) is 29.0. The van der Waals surface area contributed by atoms with Crippen LogP contribution in [0.25, 0.3) is 11.3 Å². The van der Waals surface area contributed by atoms with Gasteiger partial charge in [0.25, 0.3) is 0 Å². The van der Waals surface area contributed by atoms with E-state index in [-0.39, 0.29) is 31.3 Å². The van der Waals surface area contributed by atoms with Crippen LogP contribution < -0.4 is 30.7 Å². The summed E-state index contributed by atoms with van der Waals surface area (Å²) in [6, 6.07) is 10.7. The number of rotatable bonds is 12. The molecule has 0 aliphatic carbocycles. The summed E-state index contributed by atoms with van der Waals surface area (Å²) >= 11 is 17.5. The number of carbonyl (C=O) groups is 1. The molecule has 0 spiro atoms. The average Bonchev–Trinajstić information content (AvgIpc) is 3.83. The number of morpholine rings is 3. The number of aliphatic hydroxyl groups is 2. The number of nitrogens with zero attached hydrogens (tertiary/aromatic N) is 10. The molecule has 5 N–H and O–H groups in total. The predicted octanol–water partition coefficient (Wildman–Crippen LogP) is 5.72. The van der Waals surface area contributed by atoms with Crippen molar-refractivity contribution >= 4 is 76.0 Å². The summed E-state index contributed by atoms with van der Waals surface area (Å²) in [6.07, 6.45) is 2.17. The van der Waals surface area contributed by atoms with E-state index >= 15 is 0 Å². The molecule has 7 heterocycles. The number of halogens is 3. The fraction of sp³-hybridized carbons (Fsp3) is 0.568. The molecule has 66 heavy (non-hydrogen) atoms. The lowest BCUT2D eigenvalue weighted by molar-refractivity contribution is 0.122. The number of hydrogen-bond acceptors (Lipinski definition) is 17. The van der Waals surface area contributed by atoms with E-state index in [1.165, 1.54) is 6.07 Å². The largest absolute Gasteiger partial charge is 0.394 e. The minimum absolute atomic E-state index is 0.00214. The number of benzene rings is 1. The molecular weight excluding hydrogens is 913 g/mol. The second-order valence-corrected chi connectivity index (χ2v) is 17.5. The Morgan fingerprint density at radius 3 is 1.64 bits per heavy atom. The Hall–Kier alpha value is -4.60. The smallest absolute Gasteiger partial charge is 0.321 e. The SMILES string of the molecule is CC[C@@H]1CCN(C(=O)Nc2ccc(C)c(-c3cc(N[C@H](C)CO)nc(N4CCOCC4)n3)c2)C1.C[C@H](CO)Nc1cc(Cl)nc(N2CCOCC2)n1.Clc1cc(Cl)nc(N2CCOCC2)n1. The first kappa shape index (κ1) is 50.8. The Bertz CT molecular complexity index is 2150. The van der Waals surface area contributed by atoms with Crippen LogP contribution in [0.5, 0.6) is 0 Å². The van der Waals surface area contributed by atoms with Gasteiger partial charge in [-0.05, 0) is 50.8 Å². The van der Waals surface area contributed by atoms with E-state index in [4.69, 9.17) is 64.1 Å². The van der Waals surface area contributed by atoms with E-state index in [0.29, 0.717) is 90.5 Å². The van der Waals surface area contributed by atoms with Crippen molar-refractivity contribution < 1.29 is 29.2 Å². The van der Waals surface area contributed by atoms with Crippen molar-refractivity contribution in [2.24, 2.45) is 5.92 Å². The molecule has 0 unspecified atom stereocenters. The maximum absolute atomic E-state index is 12.8. The van der Waals surface area contributed by atoms with Crippen LogP contribution in [-0.4, -0.2) is 168 Å². The van der Waals surface area contributed by atoms with Gasteiger partial charge in [-0.2, -0.15) is 9.97 Å². The van der Waals surface area contributed by atoms with Gasteiger partial charge in [-0.3, -0.25) is 0 Å². The van der Waals surface area contributed by atoms with Gasteiger partial charge in [0.15, 0.2) is 0 Å². The van der Waals surface area contributed by atoms with E-state index in [9.17, 15) is 9.90 Å². The van der Waals surface area contributed by atoms with E-state index in [1.54, 1.807) is 6.07 Å². The van der Waals surface area contributed by atoms with Gasteiger partial charge in [0.2, 0.25) is 17.8 Å². The molecule has 1 aromatic carbocycles. The van der Waals surface area contributed by atoms with E-state index < -0.39 is 0 Å². The van der Waals surface area contributed by atoms with Crippen molar-refractivity contribution in [1.29, 1.82) is 0 Å². The van der Waals surface area contributed by atoms with Crippen molar-refractivity contribution in [3.63, 3.8) is 0 Å². The highest BCUT2D eigenvalue weighted by molar-refractivity contribution is 6.33. The maximum atomic E-state index is 12.8. The van der Waals surface area contributed by atoms with Crippen LogP contribution in [0.4, 0.5) is 40.0 Å². The molecule has 3 aromatic heterocycles. The summed E-state index contributed by atoms with van der Waals surface area (Å²) < 4.78 is 16.0. The van der Waals surface area contributed by atoms with E-state index in [1.807, 2.05) is 59.7 Å². The Morgan fingerprint density at radius 1 is 0.682 bits per heavy atom. The molecule has 0 saturated carbocycles. The number of hydrogen-bond donors (Lipinski definition) is 5. The first-order valence-electron chi connectivity index (χ1n) is 22.4. The Kier molecular flexibility index (Phi) is 19.6. The number of aromatic nitrogens is 6. The third-order valence-electron chi connectivity index (χ3n) is 11.2. The lowest BCUT2D eigenvalue weighted by Crippen LogP contribution is -2.37. The number of urea groups is 1. The molecule has 360 valence electrons. The van der Waals surface area contributed by atoms with Crippen LogP contribution in [0.1, 0.15) is 39.2 Å². The van der Waals surface area contributed by atoms with Gasteiger partial charge in [-0.15, -0.1) is 0 Å². The minimum Gasteiger partial charge on any atom is -0.394 e. The number of anilines is 6. The first-order chi connectivity index (χ1) is 31.9. The molecule has 0 radical (unpaired) electrons. The highest BCUT2D eigenvalue weighted by Gasteiger charge is 2.26. The van der Waals surface area contributed by atoms with Crippen molar-refractivity contribution in [2.45, 2.75) is 52.6 Å². The van der Waals surface area contributed by atoms with Crippen molar-refractivity contribution in [1.82, 2.24) is 34.8 Å². The highest BCUT2D eigenvalue weighted by Crippen LogP contribution is 2.30. The fourth-order valence-corrected chi connectivity index (χ4v) is 7.94. The molecule has 2 amide bonds. The zero-order valence-corrected chi connectivity index (χ0v) is 40.3. The van der Waals surface area contributed by atoms with Gasteiger partial charge in [-0.25, -0.2) is 24.7 Å². The summed E-state index contributed by atoms with van der Waals surface area (Å²) in [5.74, 6) is 3.67. The second kappa shape index (κ2) is 25.5. The van der Waals surface area contributed by atoms with Crippen LogP contribution in [0, 0.1) is 12.8 Å². The van der Waals surface area contributed by atoms with Crippen molar-refractivity contribution in [2.75, 3.05) is 136 Å². The molecule has 4 aliphatic rings. The maximum Gasteiger partial charge on any atom is 0.321 e. The van der Waals surface area contributed by atoms with Gasteiger partial charge < -0.3 is 60.0 Å². The number of ether oxygens (including phenoxy) is 3. The van der Waals surface area contributed by atoms with Gasteiger partial charge in [0.05, 0.1) is 58.5 Å². The average molecular weight is 975 g/mol. The molecular formula is C44H62Cl3N13O6. The Labute approximate surface area is 401 Å². The van der Waals surface area contributed by atoms with E-state index in [2.05, 4.69) is 47.7 Å². The zero-order valence-electron chi connectivity index (χ0n) is 38.1. The number of amides is 2. The lowest BCUT2D eigenvalue weighted by atomic mass is 10.0. The number of likely N-dealkylation sites (tertiary alicyclic amines) is 1. The third kappa shape index (κ3) is 15.2. The standard InChI is InChI=1S/C25H36N6O3.C11H17ClN4O2.C8H9Cl2N3O/c1-4-19-7-8-31(15-19)25(33)27-20-6-5-17(2)21(13-20)22-14-23(26-18(3)16-32)29-24(28-22)30-9-11-34-12-10-30;1-8(7-17)13-10-6-9(12)14-11(15-10)16-2-4-18-5-3-16;9-6-5-7(10)12-8(11-6)13-1-3-14-4-2-13/h5-6,13-14,18-19,32H,4,7-12,15-16H2,1-3H3,(H,27,33)(H,26,28,29);6,8,17H,2-5,7H2,1H3,(H,13,14,15);5H,1-4H2/t18-,19-;8-;/m11./s1. The van der Waals surface area contributed by atoms with Crippen molar-refractivity contribution in [3.8, 4) is 11.3 Å². The normalized spacial score (nSPS) is 18.3. The number of carbonyl (C=O) groups excluding carboxylic acids is 1. The zero-order chi connectivity index (χ0) is 47.0. The quantitative estimate of drug-likeness (QED) is 0.107. The van der Waals surface area contributed by atoms with Crippen LogP contribution in [0.15, 0.2) is 36.4 Å². The minimum atomic E-state index is -0.139. The Balaban J connectivity index is 0.000000187. The Morgan fingerprint density at radius 2 is 1.15 bits per heavy atom. The molecule has 22 heteroatoms. The van der Waals surface area contributed by atoms with Crippen LogP contribution in [0.3, 0.4) is 0 Å². The molecule has 0 bridgehead atoms. The summed E-state index contributed by atoms with van der Waals surface area (Å²) in [7, 11) is 0. The summed E-state index contributed by atoms with van der Waals surface area (Å²) in [6.45, 7) is 18.1. The number of nitrogens with one attached hydrogen (secondary N) is 3. The summed E-state index contributed by atoms with van der Waals surface area (Å²) in [5.41, 5.74) is 3.50. The summed E-state index contributed by atoms with van der Waals surface area (Å²) in [4.78, 5) is 47.2. The van der Waals surface area contributed by atoms with Gasteiger partial charge >= 0.3 is 6.03 Å².